The summed E-state index contributed by atoms with van der Waals surface area (Å²) in [5.74, 6) is 0. The zero-order valence-corrected chi connectivity index (χ0v) is 12.6. The highest BCUT2D eigenvalue weighted by molar-refractivity contribution is 5.17. The normalized spacial score (nSPS) is 23.7. The summed E-state index contributed by atoms with van der Waals surface area (Å²) < 4.78 is 6.34. The van der Waals surface area contributed by atoms with Crippen LogP contribution in [0.15, 0.2) is 35.8 Å². The van der Waals surface area contributed by atoms with Gasteiger partial charge in [-0.1, -0.05) is 52.7 Å². The molecular weight excluding hydrogens is 232 g/mol. The molecule has 1 nitrogen and oxygen atoms in total. The molecule has 0 aliphatic carbocycles. The van der Waals surface area contributed by atoms with Crippen molar-refractivity contribution in [2.75, 3.05) is 0 Å². The largest absolute Gasteiger partial charge is 0.365 e. The lowest BCUT2D eigenvalue weighted by molar-refractivity contribution is 0.0215. The van der Waals surface area contributed by atoms with Gasteiger partial charge < -0.3 is 4.74 Å². The van der Waals surface area contributed by atoms with Crippen molar-refractivity contribution in [3.05, 3.63) is 35.8 Å². The minimum atomic E-state index is 0.199. The third-order valence-corrected chi connectivity index (χ3v) is 3.86. The van der Waals surface area contributed by atoms with Crippen molar-refractivity contribution < 1.29 is 4.74 Å². The SMILES string of the molecule is C=C=C1CCC(=C=C)C(CCCC)OC1CCCC. The molecule has 0 aromatic heterocycles. The molecular formula is C18H28O. The Hall–Kier alpha value is -1.00. The van der Waals surface area contributed by atoms with Gasteiger partial charge in [0.25, 0.3) is 0 Å². The molecule has 0 radical (unpaired) electrons. The van der Waals surface area contributed by atoms with Crippen molar-refractivity contribution in [2.24, 2.45) is 0 Å². The maximum atomic E-state index is 6.34. The van der Waals surface area contributed by atoms with Gasteiger partial charge >= 0.3 is 0 Å². The van der Waals surface area contributed by atoms with Crippen LogP contribution in [0.1, 0.15) is 65.2 Å². The first-order chi connectivity index (χ1) is 9.26. The first-order valence-corrected chi connectivity index (χ1v) is 7.69. The van der Waals surface area contributed by atoms with Crippen molar-refractivity contribution in [3.63, 3.8) is 0 Å². The quantitative estimate of drug-likeness (QED) is 0.586. The van der Waals surface area contributed by atoms with Gasteiger partial charge in [0.05, 0.1) is 12.2 Å². The monoisotopic (exact) mass is 260 g/mol. The fourth-order valence-corrected chi connectivity index (χ4v) is 2.62. The Kier molecular flexibility index (Phi) is 7.60. The maximum absolute atomic E-state index is 6.34. The number of rotatable bonds is 6. The van der Waals surface area contributed by atoms with Crippen molar-refractivity contribution >= 4 is 0 Å². The number of hydrogen-bond acceptors (Lipinski definition) is 1. The molecule has 0 aromatic carbocycles. The smallest absolute Gasteiger partial charge is 0.0867 e. The summed E-state index contributed by atoms with van der Waals surface area (Å²) in [5.41, 5.74) is 8.68. The number of hydrogen-bond donors (Lipinski definition) is 0. The molecule has 1 rings (SSSR count). The van der Waals surface area contributed by atoms with Crippen LogP contribution in [0.2, 0.25) is 0 Å². The topological polar surface area (TPSA) is 9.23 Å². The highest BCUT2D eigenvalue weighted by atomic mass is 16.5. The van der Waals surface area contributed by atoms with Crippen LogP contribution in [0.5, 0.6) is 0 Å². The van der Waals surface area contributed by atoms with Crippen molar-refractivity contribution in [3.8, 4) is 0 Å². The van der Waals surface area contributed by atoms with Gasteiger partial charge in [-0.2, -0.15) is 0 Å². The molecule has 1 heterocycles. The summed E-state index contributed by atoms with van der Waals surface area (Å²) in [6, 6.07) is 0. The van der Waals surface area contributed by atoms with Gasteiger partial charge in [0.15, 0.2) is 0 Å². The van der Waals surface area contributed by atoms with Crippen molar-refractivity contribution in [2.45, 2.75) is 77.4 Å². The Morgan fingerprint density at radius 3 is 1.68 bits per heavy atom. The molecule has 1 fully saturated rings. The second kappa shape index (κ2) is 8.99. The van der Waals surface area contributed by atoms with E-state index in [-0.39, 0.29) is 12.2 Å². The molecule has 0 amide bonds. The molecule has 1 saturated heterocycles. The van der Waals surface area contributed by atoms with Gasteiger partial charge in [-0.05, 0) is 25.7 Å². The fourth-order valence-electron chi connectivity index (χ4n) is 2.62. The van der Waals surface area contributed by atoms with Crippen molar-refractivity contribution in [1.82, 2.24) is 0 Å². The third-order valence-electron chi connectivity index (χ3n) is 3.86. The molecule has 0 N–H and O–H groups in total. The Bertz CT molecular complexity index is 331. The molecule has 1 aliphatic heterocycles. The van der Waals surface area contributed by atoms with E-state index in [1.54, 1.807) is 0 Å². The van der Waals surface area contributed by atoms with E-state index < -0.39 is 0 Å². The summed E-state index contributed by atoms with van der Waals surface area (Å²) in [7, 11) is 0. The standard InChI is InChI=1S/C18H28O/c1-5-9-11-17-15(7-3)13-14-16(8-4)18(19-17)12-10-6-2/h17-18H,3-6,9-14H2,1-2H3. The Morgan fingerprint density at radius 1 is 0.947 bits per heavy atom. The van der Waals surface area contributed by atoms with E-state index >= 15 is 0 Å². The van der Waals surface area contributed by atoms with Crippen LogP contribution in [0.3, 0.4) is 0 Å². The summed E-state index contributed by atoms with van der Waals surface area (Å²) in [6.07, 6.45) is 9.37. The molecule has 1 heteroatoms. The van der Waals surface area contributed by atoms with Crippen LogP contribution in [0.4, 0.5) is 0 Å². The lowest BCUT2D eigenvalue weighted by Crippen LogP contribution is -2.22. The Labute approximate surface area is 118 Å². The van der Waals surface area contributed by atoms with Crippen molar-refractivity contribution in [1.29, 1.82) is 0 Å². The molecule has 2 atom stereocenters. The molecule has 2 unspecified atom stereocenters. The first kappa shape index (κ1) is 16.1. The average Bonchev–Trinajstić information content (AvgIpc) is 2.61. The average molecular weight is 260 g/mol. The molecule has 0 spiro atoms. The second-order valence-electron chi connectivity index (χ2n) is 5.30. The molecule has 0 saturated carbocycles. The maximum Gasteiger partial charge on any atom is 0.0867 e. The lowest BCUT2D eigenvalue weighted by atomic mass is 9.98. The zero-order valence-electron chi connectivity index (χ0n) is 12.6. The van der Waals surface area contributed by atoms with E-state index in [1.165, 1.54) is 36.8 Å². The second-order valence-corrected chi connectivity index (χ2v) is 5.30. The van der Waals surface area contributed by atoms with Crippen LogP contribution in [-0.2, 0) is 4.74 Å². The highest BCUT2D eigenvalue weighted by Gasteiger charge is 2.26. The van der Waals surface area contributed by atoms with Gasteiger partial charge in [0.1, 0.15) is 0 Å². The molecule has 106 valence electrons. The summed E-state index contributed by atoms with van der Waals surface area (Å²) in [5, 5.41) is 0. The number of unbranched alkanes of at least 4 members (excludes halogenated alkanes) is 2. The van der Waals surface area contributed by atoms with Gasteiger partial charge in [-0.25, -0.2) is 0 Å². The first-order valence-electron chi connectivity index (χ1n) is 7.69. The van der Waals surface area contributed by atoms with Crippen LogP contribution < -0.4 is 0 Å². The predicted octanol–water partition coefficient (Wildman–Crippen LogP) is 5.34. The highest BCUT2D eigenvalue weighted by Crippen LogP contribution is 2.31. The zero-order chi connectivity index (χ0) is 14.1. The van der Waals surface area contributed by atoms with Crippen LogP contribution in [0, 0.1) is 0 Å². The molecule has 0 bridgehead atoms. The van der Waals surface area contributed by atoms with E-state index in [1.807, 2.05) is 0 Å². The Morgan fingerprint density at radius 2 is 1.37 bits per heavy atom. The summed E-state index contributed by atoms with van der Waals surface area (Å²) in [4.78, 5) is 0. The lowest BCUT2D eigenvalue weighted by Gasteiger charge is -2.23. The summed E-state index contributed by atoms with van der Waals surface area (Å²) >= 11 is 0. The van der Waals surface area contributed by atoms with Crippen LogP contribution in [-0.4, -0.2) is 12.2 Å². The predicted molar refractivity (Wildman–Crippen MR) is 82.3 cm³/mol. The van der Waals surface area contributed by atoms with E-state index in [2.05, 4.69) is 38.5 Å². The fraction of sp³-hybridized carbons (Fsp3) is 0.667. The van der Waals surface area contributed by atoms with Gasteiger partial charge in [-0.15, -0.1) is 11.5 Å². The molecule has 19 heavy (non-hydrogen) atoms. The Balaban J connectivity index is 2.83. The van der Waals surface area contributed by atoms with Crippen LogP contribution in [0.25, 0.3) is 0 Å². The van der Waals surface area contributed by atoms with E-state index in [0.29, 0.717) is 0 Å². The summed E-state index contributed by atoms with van der Waals surface area (Å²) in [6.45, 7) is 12.1. The third kappa shape index (κ3) is 4.88. The molecule has 0 aromatic rings. The van der Waals surface area contributed by atoms with Gasteiger partial charge in [0, 0.05) is 11.1 Å². The van der Waals surface area contributed by atoms with Gasteiger partial charge in [-0.3, -0.25) is 0 Å². The minimum absolute atomic E-state index is 0.199. The molecule has 1 aliphatic rings. The van der Waals surface area contributed by atoms with E-state index in [0.717, 1.165) is 25.7 Å². The van der Waals surface area contributed by atoms with E-state index in [4.69, 9.17) is 4.74 Å². The number of ether oxygens (including phenoxy) is 1. The minimum Gasteiger partial charge on any atom is -0.365 e. The van der Waals surface area contributed by atoms with E-state index in [9.17, 15) is 0 Å². The van der Waals surface area contributed by atoms with Crippen LogP contribution >= 0.6 is 0 Å². The van der Waals surface area contributed by atoms with Gasteiger partial charge in [0.2, 0.25) is 0 Å².